The lowest BCUT2D eigenvalue weighted by Crippen LogP contribution is -2.27. The largest absolute Gasteiger partial charge is 0.495 e. The number of aromatic nitrogens is 3. The highest BCUT2D eigenvalue weighted by atomic mass is 35.5. The Morgan fingerprint density at radius 3 is 2.76 bits per heavy atom. The van der Waals surface area contributed by atoms with E-state index >= 15 is 0 Å². The van der Waals surface area contributed by atoms with Crippen LogP contribution in [0, 0.1) is 6.92 Å². The molecule has 25 heavy (non-hydrogen) atoms. The molecule has 0 radical (unpaired) electrons. The monoisotopic (exact) mass is 356 g/mol. The summed E-state index contributed by atoms with van der Waals surface area (Å²) in [6.07, 6.45) is 3.22. The zero-order valence-corrected chi connectivity index (χ0v) is 14.9. The van der Waals surface area contributed by atoms with Crippen LogP contribution in [0.5, 0.6) is 5.75 Å². The van der Waals surface area contributed by atoms with Gasteiger partial charge in [-0.25, -0.2) is 9.67 Å². The third kappa shape index (κ3) is 3.21. The van der Waals surface area contributed by atoms with Gasteiger partial charge in [-0.05, 0) is 37.3 Å². The van der Waals surface area contributed by atoms with E-state index in [-0.39, 0.29) is 5.91 Å². The highest BCUT2D eigenvalue weighted by Crippen LogP contribution is 2.31. The van der Waals surface area contributed by atoms with E-state index in [0.717, 1.165) is 0 Å². The maximum Gasteiger partial charge on any atom is 0.261 e. The summed E-state index contributed by atoms with van der Waals surface area (Å²) in [5, 5.41) is 4.82. The minimum atomic E-state index is -0.208. The number of carbonyl (C=O) groups excluding carboxylic acids is 1. The lowest BCUT2D eigenvalue weighted by Gasteiger charge is -2.20. The van der Waals surface area contributed by atoms with Crippen molar-refractivity contribution >= 4 is 23.2 Å². The summed E-state index contributed by atoms with van der Waals surface area (Å²) in [6, 6.07) is 10.7. The van der Waals surface area contributed by atoms with Gasteiger partial charge in [0.2, 0.25) is 0 Å². The molecule has 128 valence electrons. The van der Waals surface area contributed by atoms with Crippen LogP contribution >= 0.6 is 11.6 Å². The molecule has 2 heterocycles. The number of methoxy groups -OCH3 is 1. The van der Waals surface area contributed by atoms with Gasteiger partial charge in [-0.15, -0.1) is 0 Å². The number of anilines is 1. The second kappa shape index (κ2) is 6.94. The average molecular weight is 357 g/mol. The van der Waals surface area contributed by atoms with Crippen molar-refractivity contribution in [1.29, 1.82) is 0 Å². The summed E-state index contributed by atoms with van der Waals surface area (Å²) < 4.78 is 6.96. The summed E-state index contributed by atoms with van der Waals surface area (Å²) in [5.41, 5.74) is 1.77. The molecule has 1 amide bonds. The van der Waals surface area contributed by atoms with Crippen LogP contribution in [0.15, 0.2) is 48.8 Å². The molecule has 3 aromatic rings. The zero-order chi connectivity index (χ0) is 18.0. The topological polar surface area (TPSA) is 60.2 Å². The van der Waals surface area contributed by atoms with E-state index < -0.39 is 0 Å². The van der Waals surface area contributed by atoms with E-state index in [1.807, 2.05) is 25.1 Å². The molecule has 0 saturated heterocycles. The molecule has 0 N–H and O–H groups in total. The molecule has 2 aromatic heterocycles. The maximum atomic E-state index is 12.9. The fourth-order valence-electron chi connectivity index (χ4n) is 2.54. The predicted molar refractivity (Wildman–Crippen MR) is 96.8 cm³/mol. The van der Waals surface area contributed by atoms with Gasteiger partial charge in [0.1, 0.15) is 5.75 Å². The molecule has 7 heteroatoms. The maximum absolute atomic E-state index is 12.9. The van der Waals surface area contributed by atoms with Crippen LogP contribution in [-0.4, -0.2) is 34.8 Å². The van der Waals surface area contributed by atoms with Gasteiger partial charge in [-0.1, -0.05) is 17.7 Å². The molecular weight excluding hydrogens is 340 g/mol. The summed E-state index contributed by atoms with van der Waals surface area (Å²) in [7, 11) is 3.23. The number of hydrogen-bond donors (Lipinski definition) is 0. The standard InChI is InChI=1S/C18H17ClN4O2/c1-12-14(11-21-23(12)17-6-4-5-9-20-17)18(24)22(2)15-10-13(19)7-8-16(15)25-3/h4-11H,1-3H3. The van der Waals surface area contributed by atoms with Gasteiger partial charge in [0.25, 0.3) is 5.91 Å². The fraction of sp³-hybridized carbons (Fsp3) is 0.167. The van der Waals surface area contributed by atoms with Crippen molar-refractivity contribution in [2.45, 2.75) is 6.92 Å². The molecule has 0 unspecified atom stereocenters. The molecule has 0 aliphatic heterocycles. The zero-order valence-electron chi connectivity index (χ0n) is 14.1. The number of ether oxygens (including phenoxy) is 1. The minimum Gasteiger partial charge on any atom is -0.495 e. The number of rotatable bonds is 4. The van der Waals surface area contributed by atoms with Crippen LogP contribution in [0.25, 0.3) is 5.82 Å². The number of halogens is 1. The quantitative estimate of drug-likeness (QED) is 0.717. The fourth-order valence-corrected chi connectivity index (χ4v) is 2.71. The van der Waals surface area contributed by atoms with Crippen molar-refractivity contribution < 1.29 is 9.53 Å². The summed E-state index contributed by atoms with van der Waals surface area (Å²) in [5.74, 6) is 1.01. The van der Waals surface area contributed by atoms with Crippen LogP contribution in [0.2, 0.25) is 5.02 Å². The van der Waals surface area contributed by atoms with Crippen molar-refractivity contribution in [1.82, 2.24) is 14.8 Å². The summed E-state index contributed by atoms with van der Waals surface area (Å²) >= 11 is 6.07. The Morgan fingerprint density at radius 1 is 1.28 bits per heavy atom. The Labute approximate surface area is 150 Å². The van der Waals surface area contributed by atoms with E-state index in [4.69, 9.17) is 16.3 Å². The van der Waals surface area contributed by atoms with Crippen molar-refractivity contribution in [2.75, 3.05) is 19.1 Å². The molecule has 0 atom stereocenters. The Bertz CT molecular complexity index is 909. The van der Waals surface area contributed by atoms with Gasteiger partial charge in [-0.2, -0.15) is 5.10 Å². The molecule has 0 fully saturated rings. The second-order valence-electron chi connectivity index (χ2n) is 5.42. The molecule has 6 nitrogen and oxygen atoms in total. The van der Waals surface area contributed by atoms with Gasteiger partial charge >= 0.3 is 0 Å². The van der Waals surface area contributed by atoms with Crippen LogP contribution in [0.3, 0.4) is 0 Å². The van der Waals surface area contributed by atoms with E-state index in [1.165, 1.54) is 4.90 Å². The van der Waals surface area contributed by atoms with Crippen molar-refractivity contribution in [3.63, 3.8) is 0 Å². The van der Waals surface area contributed by atoms with Gasteiger partial charge in [0.15, 0.2) is 5.82 Å². The third-order valence-electron chi connectivity index (χ3n) is 3.91. The molecular formula is C18H17ClN4O2. The number of benzene rings is 1. The smallest absolute Gasteiger partial charge is 0.261 e. The molecule has 3 rings (SSSR count). The third-order valence-corrected chi connectivity index (χ3v) is 4.15. The van der Waals surface area contributed by atoms with E-state index in [0.29, 0.717) is 33.5 Å². The minimum absolute atomic E-state index is 0.208. The van der Waals surface area contributed by atoms with Crippen LogP contribution in [-0.2, 0) is 0 Å². The SMILES string of the molecule is COc1ccc(Cl)cc1N(C)C(=O)c1cnn(-c2ccccn2)c1C. The molecule has 0 bridgehead atoms. The average Bonchev–Trinajstić information content (AvgIpc) is 3.02. The molecule has 0 aliphatic carbocycles. The lowest BCUT2D eigenvalue weighted by atomic mass is 10.2. The molecule has 0 saturated carbocycles. The van der Waals surface area contributed by atoms with Gasteiger partial charge in [-0.3, -0.25) is 4.79 Å². The van der Waals surface area contributed by atoms with E-state index in [1.54, 1.807) is 49.4 Å². The predicted octanol–water partition coefficient (Wildman–Crippen LogP) is 3.51. The Kier molecular flexibility index (Phi) is 4.72. The van der Waals surface area contributed by atoms with Gasteiger partial charge < -0.3 is 9.64 Å². The van der Waals surface area contributed by atoms with Gasteiger partial charge in [0, 0.05) is 18.3 Å². The Morgan fingerprint density at radius 2 is 2.08 bits per heavy atom. The molecule has 0 spiro atoms. The summed E-state index contributed by atoms with van der Waals surface area (Å²) in [6.45, 7) is 1.83. The van der Waals surface area contributed by atoms with E-state index in [2.05, 4.69) is 10.1 Å². The Balaban J connectivity index is 1.97. The number of amides is 1. The number of nitrogens with zero attached hydrogens (tertiary/aromatic N) is 4. The van der Waals surface area contributed by atoms with Crippen molar-refractivity contribution in [3.8, 4) is 11.6 Å². The number of pyridine rings is 1. The molecule has 0 aliphatic rings. The first kappa shape index (κ1) is 17.0. The normalized spacial score (nSPS) is 10.6. The Hall–Kier alpha value is -2.86. The van der Waals surface area contributed by atoms with Gasteiger partial charge in [0.05, 0.1) is 30.3 Å². The summed E-state index contributed by atoms with van der Waals surface area (Å²) in [4.78, 5) is 18.7. The number of carbonyl (C=O) groups is 1. The highest BCUT2D eigenvalue weighted by molar-refractivity contribution is 6.31. The van der Waals surface area contributed by atoms with Crippen molar-refractivity contribution in [3.05, 3.63) is 65.1 Å². The van der Waals surface area contributed by atoms with Crippen LogP contribution in [0.1, 0.15) is 16.1 Å². The second-order valence-corrected chi connectivity index (χ2v) is 5.86. The molecule has 1 aromatic carbocycles. The first-order valence-corrected chi connectivity index (χ1v) is 7.98. The van der Waals surface area contributed by atoms with Crippen LogP contribution in [0.4, 0.5) is 5.69 Å². The highest BCUT2D eigenvalue weighted by Gasteiger charge is 2.22. The first-order valence-electron chi connectivity index (χ1n) is 7.60. The number of hydrogen-bond acceptors (Lipinski definition) is 4. The first-order chi connectivity index (χ1) is 12.0. The van der Waals surface area contributed by atoms with Crippen LogP contribution < -0.4 is 9.64 Å². The lowest BCUT2D eigenvalue weighted by molar-refractivity contribution is 0.0992. The van der Waals surface area contributed by atoms with Crippen molar-refractivity contribution in [2.24, 2.45) is 0 Å². The van der Waals surface area contributed by atoms with E-state index in [9.17, 15) is 4.79 Å².